The highest BCUT2D eigenvalue weighted by Gasteiger charge is 2.34. The highest BCUT2D eigenvalue weighted by Crippen LogP contribution is 2.50. The van der Waals surface area contributed by atoms with E-state index < -0.39 is 46.0 Å². The lowest BCUT2D eigenvalue weighted by atomic mass is 10.0. The Morgan fingerprint density at radius 2 is 1.06 bits per heavy atom. The Labute approximate surface area is 305 Å². The van der Waals surface area contributed by atoms with Crippen molar-refractivity contribution in [3.63, 3.8) is 0 Å². The second-order valence-corrected chi connectivity index (χ2v) is 16.6. The number of hydrogen-bond acceptors (Lipinski definition) is 8. The minimum atomic E-state index is -1.91. The average Bonchev–Trinajstić information content (AvgIpc) is 3.90. The number of rotatable bonds is 18. The zero-order chi connectivity index (χ0) is 35.9. The van der Waals surface area contributed by atoms with Crippen LogP contribution in [-0.4, -0.2) is 24.8 Å². The Bertz CT molecular complexity index is 1940. The molecule has 0 atom stereocenters. The van der Waals surface area contributed by atoms with E-state index in [1.807, 2.05) is 19.1 Å². The van der Waals surface area contributed by atoms with E-state index >= 15 is 17.6 Å². The number of carbonyl (C=O) groups is 2. The molecule has 5 aromatic rings. The Morgan fingerprint density at radius 3 is 1.58 bits per heavy atom. The van der Waals surface area contributed by atoms with Gasteiger partial charge in [0, 0.05) is 25.6 Å². The lowest BCUT2D eigenvalue weighted by molar-refractivity contribution is 0.101. The number of halogens is 4. The summed E-state index contributed by atoms with van der Waals surface area (Å²) in [5, 5.41) is 0. The molecule has 50 heavy (non-hydrogen) atoms. The van der Waals surface area contributed by atoms with Crippen LogP contribution in [0.5, 0.6) is 11.5 Å². The molecule has 0 bridgehead atoms. The zero-order valence-corrected chi connectivity index (χ0v) is 31.6. The summed E-state index contributed by atoms with van der Waals surface area (Å²) in [6, 6.07) is 9.78. The largest absolute Gasteiger partial charge is 0.492 e. The van der Waals surface area contributed by atoms with Crippen LogP contribution in [0.3, 0.4) is 0 Å². The number of ketones is 2. The van der Waals surface area contributed by atoms with Crippen molar-refractivity contribution in [3.8, 4) is 31.0 Å². The molecule has 0 aliphatic carbocycles. The maximum atomic E-state index is 15.3. The maximum Gasteiger partial charge on any atom is 0.209 e. The van der Waals surface area contributed by atoms with Gasteiger partial charge in [-0.2, -0.15) is 0 Å². The minimum Gasteiger partial charge on any atom is -0.492 e. The van der Waals surface area contributed by atoms with Crippen LogP contribution in [0.4, 0.5) is 17.6 Å². The lowest BCUT2D eigenvalue weighted by Crippen LogP contribution is -2.16. The third kappa shape index (κ3) is 8.41. The molecule has 0 saturated heterocycles. The summed E-state index contributed by atoms with van der Waals surface area (Å²) in [5.41, 5.74) is -2.75. The van der Waals surface area contributed by atoms with E-state index in [0.717, 1.165) is 99.3 Å². The Kier molecular flexibility index (Phi) is 13.1. The molecule has 0 spiro atoms. The van der Waals surface area contributed by atoms with Crippen LogP contribution in [0.15, 0.2) is 36.4 Å². The molecule has 0 radical (unpaired) electrons. The van der Waals surface area contributed by atoms with Crippen LogP contribution >= 0.6 is 45.3 Å². The van der Waals surface area contributed by atoms with Crippen molar-refractivity contribution in [3.05, 3.63) is 90.3 Å². The van der Waals surface area contributed by atoms with Crippen LogP contribution in [0.2, 0.25) is 0 Å². The van der Waals surface area contributed by atoms with Crippen molar-refractivity contribution in [2.75, 3.05) is 13.2 Å². The molecule has 0 aliphatic rings. The zero-order valence-electron chi connectivity index (χ0n) is 28.3. The van der Waals surface area contributed by atoms with E-state index in [4.69, 9.17) is 9.47 Å². The van der Waals surface area contributed by atoms with Crippen molar-refractivity contribution < 1.29 is 36.6 Å². The predicted octanol–water partition coefficient (Wildman–Crippen LogP) is 12.8. The molecule has 266 valence electrons. The van der Waals surface area contributed by atoms with Crippen LogP contribution in [0, 0.1) is 37.1 Å². The van der Waals surface area contributed by atoms with Crippen LogP contribution in [0.25, 0.3) is 19.5 Å². The van der Waals surface area contributed by atoms with E-state index in [1.165, 1.54) is 23.5 Å². The lowest BCUT2D eigenvalue weighted by Gasteiger charge is -2.10. The fourth-order valence-electron chi connectivity index (χ4n) is 5.37. The Hall–Kier alpha value is -3.32. The second kappa shape index (κ2) is 17.3. The summed E-state index contributed by atoms with van der Waals surface area (Å²) in [4.78, 5) is 30.9. The molecule has 0 amide bonds. The van der Waals surface area contributed by atoms with Crippen molar-refractivity contribution in [2.24, 2.45) is 0 Å². The van der Waals surface area contributed by atoms with E-state index in [-0.39, 0.29) is 9.75 Å². The second-order valence-electron chi connectivity index (χ2n) is 11.9. The van der Waals surface area contributed by atoms with E-state index in [2.05, 4.69) is 13.8 Å². The van der Waals surface area contributed by atoms with Gasteiger partial charge in [-0.1, -0.05) is 52.4 Å². The molecular formula is C38H38F4O4S4. The van der Waals surface area contributed by atoms with E-state index in [1.54, 1.807) is 30.4 Å². The molecule has 0 fully saturated rings. The molecule has 4 heterocycles. The standard InChI is InChI=1S/C38H38F4O4S4/c1-5-7-9-11-17-45-23-19-22(4)48-37(23)38-24(46-18-12-10-8-6-2)20-28(50-38)25-15-16-27(49-25)36(44)30-33(41)31(39)29(32(40)34(30)42)35(43)26-14-13-21(3)47-26/h13-16,19-20H,5-12,17-18H2,1-4H3. The van der Waals surface area contributed by atoms with Gasteiger partial charge in [-0.15, -0.1) is 45.3 Å². The third-order valence-electron chi connectivity index (χ3n) is 7.99. The summed E-state index contributed by atoms with van der Waals surface area (Å²) < 4.78 is 73.5. The Balaban J connectivity index is 1.45. The first kappa shape index (κ1) is 37.9. The maximum absolute atomic E-state index is 15.3. The molecule has 0 N–H and O–H groups in total. The van der Waals surface area contributed by atoms with Gasteiger partial charge < -0.3 is 9.47 Å². The fraction of sp³-hybridized carbons (Fsp3) is 0.368. The highest BCUT2D eigenvalue weighted by atomic mass is 32.1. The van der Waals surface area contributed by atoms with Gasteiger partial charge in [0.05, 0.1) is 32.7 Å². The first-order valence-electron chi connectivity index (χ1n) is 16.7. The van der Waals surface area contributed by atoms with Gasteiger partial charge in [0.1, 0.15) is 22.6 Å². The summed E-state index contributed by atoms with van der Waals surface area (Å²) >= 11 is 4.93. The number of aryl methyl sites for hydroxylation is 2. The molecule has 12 heteroatoms. The van der Waals surface area contributed by atoms with Crippen molar-refractivity contribution >= 4 is 56.9 Å². The number of ether oxygens (including phenoxy) is 2. The van der Waals surface area contributed by atoms with Crippen LogP contribution < -0.4 is 9.47 Å². The van der Waals surface area contributed by atoms with Crippen LogP contribution in [-0.2, 0) is 0 Å². The van der Waals surface area contributed by atoms with E-state index in [0.29, 0.717) is 28.7 Å². The van der Waals surface area contributed by atoms with Gasteiger partial charge in [0.25, 0.3) is 0 Å². The monoisotopic (exact) mass is 762 g/mol. The normalized spacial score (nSPS) is 11.4. The Morgan fingerprint density at radius 1 is 0.560 bits per heavy atom. The summed E-state index contributed by atoms with van der Waals surface area (Å²) in [7, 11) is 0. The molecule has 4 aromatic heterocycles. The molecule has 4 nitrogen and oxygen atoms in total. The van der Waals surface area contributed by atoms with Gasteiger partial charge in [-0.25, -0.2) is 17.6 Å². The molecule has 0 aliphatic heterocycles. The number of benzene rings is 1. The summed E-state index contributed by atoms with van der Waals surface area (Å²) in [6.45, 7) is 9.13. The van der Waals surface area contributed by atoms with Crippen molar-refractivity contribution in [1.29, 1.82) is 0 Å². The number of carbonyl (C=O) groups excluding carboxylic acids is 2. The van der Waals surface area contributed by atoms with Crippen molar-refractivity contribution in [1.82, 2.24) is 0 Å². The summed E-state index contributed by atoms with van der Waals surface area (Å²) in [5.74, 6) is -8.60. The van der Waals surface area contributed by atoms with E-state index in [9.17, 15) is 9.59 Å². The molecular weight excluding hydrogens is 725 g/mol. The molecule has 1 aromatic carbocycles. The SMILES string of the molecule is CCCCCCOc1cc(C)sc1-c1sc(-c2ccc(C(=O)c3c(F)c(F)c(C(=O)c4ccc(C)s4)c(F)c3F)s2)cc1OCCCCCC. The number of thiophene rings is 4. The minimum absolute atomic E-state index is 0.0796. The number of unbranched alkanes of at least 4 members (excludes halogenated alkanes) is 6. The molecule has 0 saturated carbocycles. The predicted molar refractivity (Wildman–Crippen MR) is 197 cm³/mol. The van der Waals surface area contributed by atoms with Gasteiger partial charge in [0.15, 0.2) is 23.3 Å². The fourth-order valence-corrected chi connectivity index (χ4v) is 9.41. The molecule has 5 rings (SSSR count). The van der Waals surface area contributed by atoms with Gasteiger partial charge >= 0.3 is 0 Å². The third-order valence-corrected chi connectivity index (χ3v) is 12.6. The van der Waals surface area contributed by atoms with Crippen molar-refractivity contribution in [2.45, 2.75) is 79.1 Å². The quantitative estimate of drug-likeness (QED) is 0.0386. The topological polar surface area (TPSA) is 52.6 Å². The van der Waals surface area contributed by atoms with Gasteiger partial charge in [0.2, 0.25) is 11.6 Å². The highest BCUT2D eigenvalue weighted by molar-refractivity contribution is 7.27. The average molecular weight is 763 g/mol. The molecule has 0 unspecified atom stereocenters. The first-order chi connectivity index (χ1) is 24.0. The first-order valence-corrected chi connectivity index (χ1v) is 19.9. The van der Waals surface area contributed by atoms with Gasteiger partial charge in [-0.05, 0) is 57.0 Å². The van der Waals surface area contributed by atoms with Gasteiger partial charge in [-0.3, -0.25) is 9.59 Å². The number of hydrogen-bond donors (Lipinski definition) is 0. The smallest absolute Gasteiger partial charge is 0.209 e. The summed E-state index contributed by atoms with van der Waals surface area (Å²) in [6.07, 6.45) is 8.47. The van der Waals surface area contributed by atoms with Crippen LogP contribution in [0.1, 0.15) is 105 Å².